The van der Waals surface area contributed by atoms with Gasteiger partial charge in [0.25, 0.3) is 5.56 Å². The van der Waals surface area contributed by atoms with Crippen LogP contribution in [0.1, 0.15) is 25.3 Å². The average molecular weight is 381 g/mol. The Labute approximate surface area is 153 Å². The van der Waals surface area contributed by atoms with Crippen molar-refractivity contribution in [3.8, 4) is 0 Å². The molecule has 0 unspecified atom stereocenters. The van der Waals surface area contributed by atoms with E-state index < -0.39 is 29.8 Å². The lowest BCUT2D eigenvalue weighted by molar-refractivity contribution is -0.139. The van der Waals surface area contributed by atoms with Crippen LogP contribution in [0.2, 0.25) is 0 Å². The number of alkyl halides is 3. The molecular weight excluding hydrogens is 363 g/mol. The van der Waals surface area contributed by atoms with Crippen LogP contribution in [0.4, 0.5) is 24.5 Å². The van der Waals surface area contributed by atoms with Gasteiger partial charge >= 0.3 is 6.18 Å². The van der Waals surface area contributed by atoms with E-state index in [1.165, 1.54) is 6.07 Å². The molecule has 0 saturated heterocycles. The molecule has 9 heteroatoms. The van der Waals surface area contributed by atoms with Crippen molar-refractivity contribution in [2.24, 2.45) is 0 Å². The Hall–Kier alpha value is -3.10. The molecule has 144 valence electrons. The summed E-state index contributed by atoms with van der Waals surface area (Å²) < 4.78 is 39.0. The summed E-state index contributed by atoms with van der Waals surface area (Å²) in [4.78, 5) is 35.6. The van der Waals surface area contributed by atoms with Crippen LogP contribution in [0, 0.1) is 0 Å². The third kappa shape index (κ3) is 5.70. The second-order valence-electron chi connectivity index (χ2n) is 5.78. The van der Waals surface area contributed by atoms with Crippen molar-refractivity contribution < 1.29 is 22.8 Å². The lowest BCUT2D eigenvalue weighted by Gasteiger charge is -2.11. The van der Waals surface area contributed by atoms with E-state index in [1.54, 1.807) is 18.2 Å². The van der Waals surface area contributed by atoms with Crippen molar-refractivity contribution in [2.45, 2.75) is 32.5 Å². The SMILES string of the molecule is CCCC(=O)Nc1cccc(NC(=O)Cn2cccc(C(F)(F)F)c2=O)c1. The Morgan fingerprint density at radius 3 is 2.26 bits per heavy atom. The fraction of sp³-hybridized carbons (Fsp3) is 0.278. The molecule has 2 N–H and O–H groups in total. The van der Waals surface area contributed by atoms with Crippen LogP contribution in [-0.2, 0) is 22.3 Å². The second kappa shape index (κ2) is 8.52. The van der Waals surface area contributed by atoms with Gasteiger partial charge in [0.1, 0.15) is 12.1 Å². The molecule has 2 rings (SSSR count). The highest BCUT2D eigenvalue weighted by Gasteiger charge is 2.34. The van der Waals surface area contributed by atoms with E-state index >= 15 is 0 Å². The highest BCUT2D eigenvalue weighted by Crippen LogP contribution is 2.26. The van der Waals surface area contributed by atoms with E-state index in [1.807, 2.05) is 6.92 Å². The maximum atomic E-state index is 12.8. The lowest BCUT2D eigenvalue weighted by Crippen LogP contribution is -2.31. The molecule has 0 aliphatic rings. The standard InChI is InChI=1S/C18H18F3N3O3/c1-2-5-15(25)22-12-6-3-7-13(10-12)23-16(26)11-24-9-4-8-14(17(24)27)18(19,20)21/h3-4,6-10H,2,5,11H2,1H3,(H,22,25)(H,23,26). The molecule has 1 heterocycles. The molecule has 2 amide bonds. The number of carbonyl (C=O) groups is 2. The van der Waals surface area contributed by atoms with Gasteiger partial charge in [0.05, 0.1) is 0 Å². The fourth-order valence-electron chi connectivity index (χ4n) is 2.36. The number of aromatic nitrogens is 1. The van der Waals surface area contributed by atoms with Gasteiger partial charge in [0.15, 0.2) is 0 Å². The molecule has 27 heavy (non-hydrogen) atoms. The lowest BCUT2D eigenvalue weighted by atomic mass is 10.2. The van der Waals surface area contributed by atoms with Crippen LogP contribution < -0.4 is 16.2 Å². The Bertz CT molecular complexity index is 891. The summed E-state index contributed by atoms with van der Waals surface area (Å²) in [6.45, 7) is 1.29. The highest BCUT2D eigenvalue weighted by atomic mass is 19.4. The first-order chi connectivity index (χ1) is 12.7. The van der Waals surface area contributed by atoms with Crippen molar-refractivity contribution in [2.75, 3.05) is 10.6 Å². The molecule has 1 aromatic carbocycles. The van der Waals surface area contributed by atoms with Crippen molar-refractivity contribution in [3.63, 3.8) is 0 Å². The third-order valence-corrected chi connectivity index (χ3v) is 3.55. The van der Waals surface area contributed by atoms with E-state index in [-0.39, 0.29) is 5.91 Å². The zero-order valence-electron chi connectivity index (χ0n) is 14.5. The largest absolute Gasteiger partial charge is 0.421 e. The summed E-state index contributed by atoms with van der Waals surface area (Å²) >= 11 is 0. The first-order valence-corrected chi connectivity index (χ1v) is 8.17. The predicted molar refractivity (Wildman–Crippen MR) is 94.3 cm³/mol. The van der Waals surface area contributed by atoms with E-state index in [0.29, 0.717) is 34.8 Å². The fourth-order valence-corrected chi connectivity index (χ4v) is 2.36. The third-order valence-electron chi connectivity index (χ3n) is 3.55. The van der Waals surface area contributed by atoms with Crippen LogP contribution in [0.15, 0.2) is 47.4 Å². The van der Waals surface area contributed by atoms with Gasteiger partial charge < -0.3 is 15.2 Å². The van der Waals surface area contributed by atoms with Crippen LogP contribution in [0.5, 0.6) is 0 Å². The van der Waals surface area contributed by atoms with Gasteiger partial charge in [-0.3, -0.25) is 14.4 Å². The highest BCUT2D eigenvalue weighted by molar-refractivity contribution is 5.94. The minimum absolute atomic E-state index is 0.170. The van der Waals surface area contributed by atoms with Crippen LogP contribution in [-0.4, -0.2) is 16.4 Å². The summed E-state index contributed by atoms with van der Waals surface area (Å²) in [6.07, 6.45) is -2.64. The number of amides is 2. The zero-order valence-corrected chi connectivity index (χ0v) is 14.5. The predicted octanol–water partition coefficient (Wildman–Crippen LogP) is 3.24. The van der Waals surface area contributed by atoms with Crippen molar-refractivity contribution in [1.82, 2.24) is 4.57 Å². The quantitative estimate of drug-likeness (QED) is 0.806. The summed E-state index contributed by atoms with van der Waals surface area (Å²) in [7, 11) is 0. The first-order valence-electron chi connectivity index (χ1n) is 8.17. The van der Waals surface area contributed by atoms with E-state index in [2.05, 4.69) is 10.6 Å². The molecule has 0 spiro atoms. The number of hydrogen-bond donors (Lipinski definition) is 2. The molecule has 0 saturated carbocycles. The molecule has 0 aliphatic heterocycles. The second-order valence-corrected chi connectivity index (χ2v) is 5.78. The molecule has 0 fully saturated rings. The molecule has 0 bridgehead atoms. The number of rotatable bonds is 6. The molecular formula is C18H18F3N3O3. The minimum Gasteiger partial charge on any atom is -0.326 e. The van der Waals surface area contributed by atoms with Crippen LogP contribution in [0.25, 0.3) is 0 Å². The zero-order chi connectivity index (χ0) is 20.0. The maximum Gasteiger partial charge on any atom is 0.421 e. The topological polar surface area (TPSA) is 80.2 Å². The molecule has 2 aromatic rings. The van der Waals surface area contributed by atoms with Gasteiger partial charge in [-0.2, -0.15) is 13.2 Å². The summed E-state index contributed by atoms with van der Waals surface area (Å²) in [5.41, 5.74) is -1.81. The monoisotopic (exact) mass is 381 g/mol. The summed E-state index contributed by atoms with van der Waals surface area (Å²) in [5.74, 6) is -0.843. The molecule has 0 aliphatic carbocycles. The number of pyridine rings is 1. The molecule has 6 nitrogen and oxygen atoms in total. The first kappa shape index (κ1) is 20.2. The number of hydrogen-bond acceptors (Lipinski definition) is 3. The Balaban J connectivity index is 2.09. The maximum absolute atomic E-state index is 12.8. The van der Waals surface area contributed by atoms with E-state index in [9.17, 15) is 27.6 Å². The number of halogens is 3. The Morgan fingerprint density at radius 2 is 1.67 bits per heavy atom. The number of carbonyl (C=O) groups excluding carboxylic acids is 2. The Kier molecular flexibility index (Phi) is 6.38. The van der Waals surface area contributed by atoms with Gasteiger partial charge in [0.2, 0.25) is 11.8 Å². The normalized spacial score (nSPS) is 11.1. The molecule has 1 aromatic heterocycles. The van der Waals surface area contributed by atoms with E-state index in [0.717, 1.165) is 12.3 Å². The summed E-state index contributed by atoms with van der Waals surface area (Å²) in [6, 6.07) is 8.04. The van der Waals surface area contributed by atoms with Gasteiger partial charge in [-0.1, -0.05) is 13.0 Å². The molecule has 0 atom stereocenters. The molecule has 0 radical (unpaired) electrons. The Morgan fingerprint density at radius 1 is 1.04 bits per heavy atom. The van der Waals surface area contributed by atoms with Crippen molar-refractivity contribution >= 4 is 23.2 Å². The number of benzene rings is 1. The van der Waals surface area contributed by atoms with Gasteiger partial charge in [-0.05, 0) is 36.8 Å². The van der Waals surface area contributed by atoms with Crippen LogP contribution >= 0.6 is 0 Å². The minimum atomic E-state index is -4.79. The average Bonchev–Trinajstić information content (AvgIpc) is 2.56. The van der Waals surface area contributed by atoms with Crippen LogP contribution in [0.3, 0.4) is 0 Å². The van der Waals surface area contributed by atoms with Crippen molar-refractivity contribution in [1.29, 1.82) is 0 Å². The van der Waals surface area contributed by atoms with Gasteiger partial charge in [0, 0.05) is 24.0 Å². The number of nitrogens with zero attached hydrogens (tertiary/aromatic N) is 1. The number of anilines is 2. The van der Waals surface area contributed by atoms with Gasteiger partial charge in [-0.25, -0.2) is 0 Å². The van der Waals surface area contributed by atoms with Crippen molar-refractivity contribution in [3.05, 3.63) is 58.5 Å². The van der Waals surface area contributed by atoms with E-state index in [4.69, 9.17) is 0 Å². The van der Waals surface area contributed by atoms with Gasteiger partial charge in [-0.15, -0.1) is 0 Å². The summed E-state index contributed by atoms with van der Waals surface area (Å²) in [5, 5.41) is 5.16. The smallest absolute Gasteiger partial charge is 0.326 e. The number of nitrogens with one attached hydrogen (secondary N) is 2.